The van der Waals surface area contributed by atoms with E-state index in [9.17, 15) is 5.11 Å². The van der Waals surface area contributed by atoms with Gasteiger partial charge in [0.1, 0.15) is 0 Å². The Labute approximate surface area is 131 Å². The first kappa shape index (κ1) is 15.2. The van der Waals surface area contributed by atoms with Crippen LogP contribution in [0.15, 0.2) is 40.9 Å². The summed E-state index contributed by atoms with van der Waals surface area (Å²) < 4.78 is 6.12. The summed E-state index contributed by atoms with van der Waals surface area (Å²) in [5, 5.41) is 13.8. The minimum Gasteiger partial charge on any atom is -0.504 e. The van der Waals surface area contributed by atoms with Crippen molar-refractivity contribution in [1.29, 1.82) is 0 Å². The predicted octanol–water partition coefficient (Wildman–Crippen LogP) is 4.11. The third-order valence-electron chi connectivity index (χ3n) is 2.87. The van der Waals surface area contributed by atoms with E-state index in [0.29, 0.717) is 29.4 Å². The van der Waals surface area contributed by atoms with Crippen molar-refractivity contribution in [2.45, 2.75) is 13.1 Å². The number of hydrogen-bond acceptors (Lipinski definition) is 3. The molecule has 20 heavy (non-hydrogen) atoms. The molecule has 0 amide bonds. The zero-order valence-corrected chi connectivity index (χ0v) is 13.3. The highest BCUT2D eigenvalue weighted by atomic mass is 79.9. The second-order valence-electron chi connectivity index (χ2n) is 4.35. The van der Waals surface area contributed by atoms with Crippen LogP contribution < -0.4 is 10.1 Å². The molecule has 2 rings (SSSR count). The lowest BCUT2D eigenvalue weighted by molar-refractivity contribution is 0.369. The number of nitrogens with one attached hydrogen (secondary N) is 1. The van der Waals surface area contributed by atoms with Crippen LogP contribution in [-0.2, 0) is 13.1 Å². The van der Waals surface area contributed by atoms with Crippen LogP contribution in [0.3, 0.4) is 0 Å². The summed E-state index contributed by atoms with van der Waals surface area (Å²) in [6.45, 7) is 1.21. The molecule has 0 unspecified atom stereocenters. The van der Waals surface area contributed by atoms with E-state index in [1.165, 1.54) is 7.11 Å². The average Bonchev–Trinajstić information content (AvgIpc) is 2.42. The lowest BCUT2D eigenvalue weighted by Gasteiger charge is -2.11. The molecule has 0 aliphatic rings. The monoisotopic (exact) mass is 355 g/mol. The van der Waals surface area contributed by atoms with E-state index < -0.39 is 0 Å². The fourth-order valence-electron chi connectivity index (χ4n) is 1.91. The van der Waals surface area contributed by atoms with Crippen molar-refractivity contribution in [3.8, 4) is 11.5 Å². The molecule has 0 heterocycles. The Morgan fingerprint density at radius 2 is 2.05 bits per heavy atom. The molecular formula is C15H15BrClNO2. The minimum absolute atomic E-state index is 0.124. The third-order valence-corrected chi connectivity index (χ3v) is 3.58. The van der Waals surface area contributed by atoms with E-state index in [-0.39, 0.29) is 5.75 Å². The average molecular weight is 357 g/mol. The van der Waals surface area contributed by atoms with Crippen molar-refractivity contribution in [2.75, 3.05) is 7.11 Å². The Hall–Kier alpha value is -1.23. The first-order chi connectivity index (χ1) is 9.60. The van der Waals surface area contributed by atoms with Gasteiger partial charge in [0.2, 0.25) is 0 Å². The highest BCUT2D eigenvalue weighted by molar-refractivity contribution is 9.10. The molecule has 0 saturated carbocycles. The number of halogens is 2. The van der Waals surface area contributed by atoms with Crippen molar-refractivity contribution in [3.63, 3.8) is 0 Å². The normalized spacial score (nSPS) is 10.6. The molecule has 0 radical (unpaired) electrons. The Kier molecular flexibility index (Phi) is 5.29. The number of ether oxygens (including phenoxy) is 1. The van der Waals surface area contributed by atoms with Gasteiger partial charge < -0.3 is 15.2 Å². The fraction of sp³-hybridized carbons (Fsp3) is 0.200. The fourth-order valence-corrected chi connectivity index (χ4v) is 2.58. The van der Waals surface area contributed by atoms with Gasteiger partial charge in [-0.15, -0.1) is 0 Å². The maximum Gasteiger partial charge on any atom is 0.162 e. The smallest absolute Gasteiger partial charge is 0.162 e. The second kappa shape index (κ2) is 6.97. The molecule has 0 bridgehead atoms. The maximum atomic E-state index is 10.0. The quantitative estimate of drug-likeness (QED) is 0.847. The lowest BCUT2D eigenvalue weighted by atomic mass is 10.1. The van der Waals surface area contributed by atoms with Gasteiger partial charge in [0.05, 0.1) is 7.11 Å². The summed E-state index contributed by atoms with van der Waals surface area (Å²) in [4.78, 5) is 0. The maximum absolute atomic E-state index is 10.0. The van der Waals surface area contributed by atoms with Gasteiger partial charge in [0.15, 0.2) is 11.5 Å². The van der Waals surface area contributed by atoms with Crippen LogP contribution in [0.4, 0.5) is 0 Å². The van der Waals surface area contributed by atoms with E-state index in [2.05, 4.69) is 21.2 Å². The molecular weight excluding hydrogens is 342 g/mol. The van der Waals surface area contributed by atoms with Gasteiger partial charge >= 0.3 is 0 Å². The van der Waals surface area contributed by atoms with Crippen molar-refractivity contribution >= 4 is 27.5 Å². The summed E-state index contributed by atoms with van der Waals surface area (Å²) in [7, 11) is 1.50. The van der Waals surface area contributed by atoms with Gasteiger partial charge in [-0.1, -0.05) is 39.7 Å². The summed E-state index contributed by atoms with van der Waals surface area (Å²) in [6, 6.07) is 11.4. The van der Waals surface area contributed by atoms with Crippen LogP contribution in [0.2, 0.25) is 5.02 Å². The predicted molar refractivity (Wildman–Crippen MR) is 84.4 cm³/mol. The summed E-state index contributed by atoms with van der Waals surface area (Å²) >= 11 is 9.43. The number of phenolic OH excluding ortho intramolecular Hbond substituents is 1. The van der Waals surface area contributed by atoms with Crippen molar-refractivity contribution < 1.29 is 9.84 Å². The van der Waals surface area contributed by atoms with Gasteiger partial charge in [-0.25, -0.2) is 0 Å². The van der Waals surface area contributed by atoms with Crippen LogP contribution >= 0.6 is 27.5 Å². The minimum atomic E-state index is 0.124. The number of methoxy groups -OCH3 is 1. The molecule has 0 atom stereocenters. The molecule has 5 heteroatoms. The molecule has 2 aromatic rings. The first-order valence-corrected chi connectivity index (χ1v) is 7.28. The Balaban J connectivity index is 2.02. The molecule has 0 aliphatic heterocycles. The van der Waals surface area contributed by atoms with E-state index >= 15 is 0 Å². The third kappa shape index (κ3) is 3.88. The van der Waals surface area contributed by atoms with E-state index in [4.69, 9.17) is 16.3 Å². The number of rotatable bonds is 5. The summed E-state index contributed by atoms with van der Waals surface area (Å²) in [6.07, 6.45) is 0. The molecule has 0 fully saturated rings. The van der Waals surface area contributed by atoms with Gasteiger partial charge in [0, 0.05) is 34.2 Å². The van der Waals surface area contributed by atoms with Crippen LogP contribution in [0.1, 0.15) is 11.1 Å². The van der Waals surface area contributed by atoms with E-state index in [1.807, 2.05) is 24.3 Å². The molecule has 0 spiro atoms. The highest BCUT2D eigenvalue weighted by Gasteiger charge is 2.09. The summed E-state index contributed by atoms with van der Waals surface area (Å²) in [5.74, 6) is 0.510. The summed E-state index contributed by atoms with van der Waals surface area (Å²) in [5.41, 5.74) is 1.87. The standard InChI is InChI=1S/C15H15BrClNO2/c1-20-14-7-13(17)6-11(15(14)19)9-18-8-10-3-2-4-12(16)5-10/h2-7,18-19H,8-9H2,1H3. The van der Waals surface area contributed by atoms with Gasteiger partial charge in [0.25, 0.3) is 0 Å². The largest absolute Gasteiger partial charge is 0.504 e. The van der Waals surface area contributed by atoms with Gasteiger partial charge in [-0.3, -0.25) is 0 Å². The topological polar surface area (TPSA) is 41.5 Å². The molecule has 0 aromatic heterocycles. The van der Waals surface area contributed by atoms with E-state index in [1.54, 1.807) is 12.1 Å². The van der Waals surface area contributed by atoms with Crippen LogP contribution in [0.5, 0.6) is 11.5 Å². The molecule has 0 saturated heterocycles. The zero-order valence-electron chi connectivity index (χ0n) is 11.0. The first-order valence-electron chi connectivity index (χ1n) is 6.10. The van der Waals surface area contributed by atoms with Crippen molar-refractivity contribution in [1.82, 2.24) is 5.32 Å². The van der Waals surface area contributed by atoms with Crippen molar-refractivity contribution in [2.24, 2.45) is 0 Å². The van der Waals surface area contributed by atoms with Crippen LogP contribution in [0, 0.1) is 0 Å². The Morgan fingerprint density at radius 1 is 1.25 bits per heavy atom. The number of hydrogen-bond donors (Lipinski definition) is 2. The van der Waals surface area contributed by atoms with Gasteiger partial charge in [-0.2, -0.15) is 0 Å². The van der Waals surface area contributed by atoms with Crippen molar-refractivity contribution in [3.05, 3.63) is 57.0 Å². The van der Waals surface area contributed by atoms with Crippen LogP contribution in [0.25, 0.3) is 0 Å². The highest BCUT2D eigenvalue weighted by Crippen LogP contribution is 2.33. The molecule has 2 N–H and O–H groups in total. The number of benzene rings is 2. The Morgan fingerprint density at radius 3 is 2.75 bits per heavy atom. The number of phenols is 1. The SMILES string of the molecule is COc1cc(Cl)cc(CNCc2cccc(Br)c2)c1O. The second-order valence-corrected chi connectivity index (χ2v) is 5.70. The van der Waals surface area contributed by atoms with Gasteiger partial charge in [-0.05, 0) is 23.8 Å². The Bertz CT molecular complexity index is 604. The molecule has 0 aliphatic carbocycles. The van der Waals surface area contributed by atoms with Crippen LogP contribution in [-0.4, -0.2) is 12.2 Å². The van der Waals surface area contributed by atoms with E-state index in [0.717, 1.165) is 10.0 Å². The lowest BCUT2D eigenvalue weighted by Crippen LogP contribution is -2.13. The molecule has 106 valence electrons. The number of aromatic hydroxyl groups is 1. The molecule has 3 nitrogen and oxygen atoms in total. The zero-order chi connectivity index (χ0) is 14.5. The molecule has 2 aromatic carbocycles.